The first-order valence-corrected chi connectivity index (χ1v) is 5.97. The fourth-order valence-electron chi connectivity index (χ4n) is 2.33. The van der Waals surface area contributed by atoms with Crippen LogP contribution in [0, 0.1) is 5.92 Å². The fraction of sp³-hybridized carbons (Fsp3) is 0.917. The minimum absolute atomic E-state index is 0.0344. The van der Waals surface area contributed by atoms with Crippen LogP contribution in [-0.2, 0) is 9.53 Å². The number of ether oxygens (including phenoxy) is 1. The summed E-state index contributed by atoms with van der Waals surface area (Å²) in [4.78, 5) is 16.1. The van der Waals surface area contributed by atoms with Crippen LogP contribution in [0.25, 0.3) is 0 Å². The summed E-state index contributed by atoms with van der Waals surface area (Å²) in [6.45, 7) is 9.25. The van der Waals surface area contributed by atoms with Gasteiger partial charge in [-0.2, -0.15) is 0 Å². The van der Waals surface area contributed by atoms with Crippen LogP contribution in [0.2, 0.25) is 0 Å². The van der Waals surface area contributed by atoms with E-state index in [9.17, 15) is 4.79 Å². The molecular weight excluding hydrogens is 204 g/mol. The molecule has 3 atom stereocenters. The van der Waals surface area contributed by atoms with Crippen LogP contribution >= 0.6 is 0 Å². The maximum atomic E-state index is 11.4. The normalized spacial score (nSPS) is 30.1. The molecule has 0 aromatic rings. The van der Waals surface area contributed by atoms with E-state index in [4.69, 9.17) is 4.74 Å². The molecule has 0 aliphatic carbocycles. The number of methoxy groups -OCH3 is 1. The molecule has 0 spiro atoms. The van der Waals surface area contributed by atoms with E-state index in [1.54, 1.807) is 0 Å². The Kier molecular flexibility index (Phi) is 4.74. The lowest BCUT2D eigenvalue weighted by molar-refractivity contribution is -0.145. The Hall–Kier alpha value is -0.610. The van der Waals surface area contributed by atoms with Gasteiger partial charge in [-0.3, -0.25) is 14.6 Å². The standard InChI is InChI=1S/C12H24N2O2/c1-9(12(15)16-5)6-14-7-10(2)13(4)11(3)8-14/h9-11H,6-8H2,1-5H3. The fourth-order valence-corrected chi connectivity index (χ4v) is 2.33. The minimum atomic E-state index is -0.112. The molecular formula is C12H24N2O2. The van der Waals surface area contributed by atoms with E-state index in [0.717, 1.165) is 19.6 Å². The molecule has 0 radical (unpaired) electrons. The summed E-state index contributed by atoms with van der Waals surface area (Å²) < 4.78 is 4.75. The SMILES string of the molecule is COC(=O)C(C)CN1CC(C)N(C)C(C)C1. The number of rotatable bonds is 3. The van der Waals surface area contributed by atoms with E-state index in [1.165, 1.54) is 7.11 Å². The van der Waals surface area contributed by atoms with Gasteiger partial charge in [0.1, 0.15) is 0 Å². The number of hydrogen-bond donors (Lipinski definition) is 0. The molecule has 1 rings (SSSR count). The predicted octanol–water partition coefficient (Wildman–Crippen LogP) is 0.820. The Balaban J connectivity index is 2.47. The molecule has 0 saturated carbocycles. The van der Waals surface area contributed by atoms with Gasteiger partial charge in [0.05, 0.1) is 13.0 Å². The highest BCUT2D eigenvalue weighted by Crippen LogP contribution is 2.14. The van der Waals surface area contributed by atoms with Crippen molar-refractivity contribution in [2.24, 2.45) is 5.92 Å². The van der Waals surface area contributed by atoms with Crippen LogP contribution in [0.3, 0.4) is 0 Å². The molecule has 3 unspecified atom stereocenters. The number of likely N-dealkylation sites (N-methyl/N-ethyl adjacent to an activating group) is 1. The Morgan fingerprint density at radius 2 is 1.88 bits per heavy atom. The highest BCUT2D eigenvalue weighted by Gasteiger charge is 2.28. The van der Waals surface area contributed by atoms with Gasteiger partial charge in [0, 0.05) is 31.7 Å². The van der Waals surface area contributed by atoms with Crippen LogP contribution in [0.15, 0.2) is 0 Å². The Labute approximate surface area is 98.5 Å². The number of piperazine rings is 1. The topological polar surface area (TPSA) is 32.8 Å². The first-order valence-electron chi connectivity index (χ1n) is 5.97. The first kappa shape index (κ1) is 13.5. The average Bonchev–Trinajstić information content (AvgIpc) is 2.24. The third kappa shape index (κ3) is 3.19. The number of esters is 1. The molecule has 1 aliphatic rings. The van der Waals surface area contributed by atoms with Crippen LogP contribution in [-0.4, -0.2) is 61.6 Å². The number of carbonyl (C=O) groups is 1. The second-order valence-electron chi connectivity index (χ2n) is 5.01. The number of hydrogen-bond acceptors (Lipinski definition) is 4. The van der Waals surface area contributed by atoms with Gasteiger partial charge in [-0.15, -0.1) is 0 Å². The molecule has 4 nitrogen and oxygen atoms in total. The van der Waals surface area contributed by atoms with Gasteiger partial charge in [0.25, 0.3) is 0 Å². The van der Waals surface area contributed by atoms with Crippen molar-refractivity contribution in [3.63, 3.8) is 0 Å². The smallest absolute Gasteiger partial charge is 0.309 e. The monoisotopic (exact) mass is 228 g/mol. The zero-order valence-corrected chi connectivity index (χ0v) is 11.1. The highest BCUT2D eigenvalue weighted by molar-refractivity contribution is 5.72. The first-order chi connectivity index (χ1) is 7.45. The summed E-state index contributed by atoms with van der Waals surface area (Å²) in [5.74, 6) is -0.146. The molecule has 0 aromatic carbocycles. The second-order valence-corrected chi connectivity index (χ2v) is 5.01. The van der Waals surface area contributed by atoms with Crippen molar-refractivity contribution >= 4 is 5.97 Å². The zero-order valence-electron chi connectivity index (χ0n) is 11.1. The molecule has 1 fully saturated rings. The molecule has 1 saturated heterocycles. The third-order valence-corrected chi connectivity index (χ3v) is 3.57. The third-order valence-electron chi connectivity index (χ3n) is 3.57. The van der Waals surface area contributed by atoms with Crippen molar-refractivity contribution in [1.29, 1.82) is 0 Å². The molecule has 1 heterocycles. The Bertz CT molecular complexity index is 233. The van der Waals surface area contributed by atoms with Gasteiger partial charge in [0.15, 0.2) is 0 Å². The van der Waals surface area contributed by atoms with Crippen molar-refractivity contribution in [3.05, 3.63) is 0 Å². The largest absolute Gasteiger partial charge is 0.469 e. The Morgan fingerprint density at radius 1 is 1.38 bits per heavy atom. The molecule has 0 amide bonds. The lowest BCUT2D eigenvalue weighted by atomic mass is 10.1. The van der Waals surface area contributed by atoms with Crippen molar-refractivity contribution in [3.8, 4) is 0 Å². The van der Waals surface area contributed by atoms with Crippen LogP contribution < -0.4 is 0 Å². The molecule has 4 heteroatoms. The maximum absolute atomic E-state index is 11.4. The van der Waals surface area contributed by atoms with E-state index < -0.39 is 0 Å². The van der Waals surface area contributed by atoms with Crippen molar-refractivity contribution < 1.29 is 9.53 Å². The van der Waals surface area contributed by atoms with E-state index in [1.807, 2.05) is 6.92 Å². The molecule has 94 valence electrons. The molecule has 16 heavy (non-hydrogen) atoms. The minimum Gasteiger partial charge on any atom is -0.469 e. The van der Waals surface area contributed by atoms with Crippen LogP contribution in [0.5, 0.6) is 0 Å². The van der Waals surface area contributed by atoms with E-state index >= 15 is 0 Å². The van der Waals surface area contributed by atoms with Crippen LogP contribution in [0.4, 0.5) is 0 Å². The van der Waals surface area contributed by atoms with Gasteiger partial charge >= 0.3 is 5.97 Å². The summed E-state index contributed by atoms with van der Waals surface area (Å²) in [7, 11) is 3.62. The molecule has 0 N–H and O–H groups in total. The van der Waals surface area contributed by atoms with Gasteiger partial charge in [-0.25, -0.2) is 0 Å². The predicted molar refractivity (Wildman–Crippen MR) is 64.3 cm³/mol. The molecule has 1 aliphatic heterocycles. The second kappa shape index (κ2) is 5.64. The summed E-state index contributed by atoms with van der Waals surface area (Å²) in [6, 6.07) is 1.10. The van der Waals surface area contributed by atoms with Gasteiger partial charge in [0.2, 0.25) is 0 Å². The summed E-state index contributed by atoms with van der Waals surface area (Å²) in [5, 5.41) is 0. The zero-order chi connectivity index (χ0) is 12.3. The van der Waals surface area contributed by atoms with Crippen molar-refractivity contribution in [2.45, 2.75) is 32.9 Å². The Morgan fingerprint density at radius 3 is 2.31 bits per heavy atom. The highest BCUT2D eigenvalue weighted by atomic mass is 16.5. The molecule has 0 aromatic heterocycles. The van der Waals surface area contributed by atoms with Gasteiger partial charge in [-0.05, 0) is 20.9 Å². The quantitative estimate of drug-likeness (QED) is 0.670. The van der Waals surface area contributed by atoms with Crippen LogP contribution in [0.1, 0.15) is 20.8 Å². The summed E-state index contributed by atoms with van der Waals surface area (Å²) in [5.41, 5.74) is 0. The van der Waals surface area contributed by atoms with E-state index in [-0.39, 0.29) is 11.9 Å². The maximum Gasteiger partial charge on any atom is 0.309 e. The van der Waals surface area contributed by atoms with E-state index in [2.05, 4.69) is 30.7 Å². The summed E-state index contributed by atoms with van der Waals surface area (Å²) in [6.07, 6.45) is 0. The number of nitrogens with zero attached hydrogens (tertiary/aromatic N) is 2. The number of carbonyl (C=O) groups excluding carboxylic acids is 1. The molecule has 0 bridgehead atoms. The van der Waals surface area contributed by atoms with Gasteiger partial charge in [-0.1, -0.05) is 6.92 Å². The van der Waals surface area contributed by atoms with Crippen molar-refractivity contribution in [2.75, 3.05) is 33.8 Å². The van der Waals surface area contributed by atoms with Crippen molar-refractivity contribution in [1.82, 2.24) is 9.80 Å². The summed E-state index contributed by atoms with van der Waals surface area (Å²) >= 11 is 0. The lowest BCUT2D eigenvalue weighted by Gasteiger charge is -2.43. The average molecular weight is 228 g/mol. The van der Waals surface area contributed by atoms with E-state index in [0.29, 0.717) is 12.1 Å². The van der Waals surface area contributed by atoms with Gasteiger partial charge < -0.3 is 4.74 Å². The lowest BCUT2D eigenvalue weighted by Crippen LogP contribution is -2.55.